The SMILES string of the molecule is COC1=CCCC=C1C(C)C. The van der Waals surface area contributed by atoms with Crippen molar-refractivity contribution in [1.29, 1.82) is 0 Å². The molecule has 1 nitrogen and oxygen atoms in total. The van der Waals surface area contributed by atoms with Crippen LogP contribution in [0.3, 0.4) is 0 Å². The molecule has 0 fully saturated rings. The highest BCUT2D eigenvalue weighted by Crippen LogP contribution is 2.25. The molecule has 62 valence electrons. The zero-order valence-corrected chi connectivity index (χ0v) is 7.55. The molecule has 1 rings (SSSR count). The first kappa shape index (κ1) is 8.38. The Hall–Kier alpha value is -0.720. The molecule has 1 heteroatoms. The first-order valence-electron chi connectivity index (χ1n) is 4.20. The van der Waals surface area contributed by atoms with Crippen LogP contribution in [0, 0.1) is 5.92 Å². The van der Waals surface area contributed by atoms with E-state index < -0.39 is 0 Å². The van der Waals surface area contributed by atoms with Crippen LogP contribution in [0.1, 0.15) is 26.7 Å². The van der Waals surface area contributed by atoms with Gasteiger partial charge in [-0.25, -0.2) is 0 Å². The Morgan fingerprint density at radius 3 is 2.36 bits per heavy atom. The van der Waals surface area contributed by atoms with Crippen LogP contribution in [-0.2, 0) is 4.74 Å². The zero-order valence-electron chi connectivity index (χ0n) is 7.55. The zero-order chi connectivity index (χ0) is 8.27. The molecule has 1 aliphatic carbocycles. The molecular formula is C10H16O. The first-order chi connectivity index (χ1) is 5.25. The maximum atomic E-state index is 5.26. The Bertz CT molecular complexity index is 187. The second kappa shape index (κ2) is 3.61. The molecule has 0 saturated carbocycles. The fraction of sp³-hybridized carbons (Fsp3) is 0.600. The lowest BCUT2D eigenvalue weighted by molar-refractivity contribution is 0.290. The minimum Gasteiger partial charge on any atom is -0.497 e. The Morgan fingerprint density at radius 2 is 1.91 bits per heavy atom. The minimum atomic E-state index is 0.585. The van der Waals surface area contributed by atoms with Gasteiger partial charge in [-0.15, -0.1) is 0 Å². The lowest BCUT2D eigenvalue weighted by Crippen LogP contribution is -2.03. The summed E-state index contributed by atoms with van der Waals surface area (Å²) < 4.78 is 5.26. The van der Waals surface area contributed by atoms with Crippen molar-refractivity contribution in [2.75, 3.05) is 7.11 Å². The summed E-state index contributed by atoms with van der Waals surface area (Å²) in [6.45, 7) is 4.40. The maximum absolute atomic E-state index is 5.26. The summed E-state index contributed by atoms with van der Waals surface area (Å²) in [5, 5.41) is 0. The number of hydrogen-bond donors (Lipinski definition) is 0. The van der Waals surface area contributed by atoms with E-state index in [-0.39, 0.29) is 0 Å². The van der Waals surface area contributed by atoms with Crippen molar-refractivity contribution in [2.45, 2.75) is 26.7 Å². The van der Waals surface area contributed by atoms with Gasteiger partial charge in [-0.05, 0) is 30.4 Å². The highest BCUT2D eigenvalue weighted by molar-refractivity contribution is 5.30. The largest absolute Gasteiger partial charge is 0.497 e. The van der Waals surface area contributed by atoms with Gasteiger partial charge in [0, 0.05) is 0 Å². The van der Waals surface area contributed by atoms with E-state index in [1.807, 2.05) is 0 Å². The fourth-order valence-electron chi connectivity index (χ4n) is 1.39. The molecule has 0 spiro atoms. The van der Waals surface area contributed by atoms with E-state index in [2.05, 4.69) is 26.0 Å². The highest BCUT2D eigenvalue weighted by atomic mass is 16.5. The van der Waals surface area contributed by atoms with Crippen LogP contribution in [0.5, 0.6) is 0 Å². The van der Waals surface area contributed by atoms with E-state index in [1.165, 1.54) is 12.0 Å². The van der Waals surface area contributed by atoms with E-state index in [9.17, 15) is 0 Å². The van der Waals surface area contributed by atoms with Crippen molar-refractivity contribution in [3.63, 3.8) is 0 Å². The van der Waals surface area contributed by atoms with Crippen molar-refractivity contribution in [3.05, 3.63) is 23.5 Å². The Morgan fingerprint density at radius 1 is 1.27 bits per heavy atom. The third-order valence-electron chi connectivity index (χ3n) is 1.99. The summed E-state index contributed by atoms with van der Waals surface area (Å²) in [4.78, 5) is 0. The van der Waals surface area contributed by atoms with Crippen molar-refractivity contribution in [3.8, 4) is 0 Å². The fourth-order valence-corrected chi connectivity index (χ4v) is 1.39. The second-order valence-electron chi connectivity index (χ2n) is 3.16. The molecular weight excluding hydrogens is 136 g/mol. The smallest absolute Gasteiger partial charge is 0.118 e. The predicted molar refractivity (Wildman–Crippen MR) is 47.2 cm³/mol. The van der Waals surface area contributed by atoms with Crippen molar-refractivity contribution in [2.24, 2.45) is 5.92 Å². The van der Waals surface area contributed by atoms with Gasteiger partial charge in [0.2, 0.25) is 0 Å². The third kappa shape index (κ3) is 1.86. The third-order valence-corrected chi connectivity index (χ3v) is 1.99. The van der Waals surface area contributed by atoms with Gasteiger partial charge in [0.1, 0.15) is 5.76 Å². The number of methoxy groups -OCH3 is 1. The molecule has 0 N–H and O–H groups in total. The summed E-state index contributed by atoms with van der Waals surface area (Å²) in [6, 6.07) is 0. The van der Waals surface area contributed by atoms with Gasteiger partial charge in [0.05, 0.1) is 7.11 Å². The van der Waals surface area contributed by atoms with E-state index >= 15 is 0 Å². The predicted octanol–water partition coefficient (Wildman–Crippen LogP) is 2.89. The molecule has 0 radical (unpaired) electrons. The van der Waals surface area contributed by atoms with Crippen molar-refractivity contribution >= 4 is 0 Å². The van der Waals surface area contributed by atoms with Crippen LogP contribution in [0.2, 0.25) is 0 Å². The van der Waals surface area contributed by atoms with Crippen LogP contribution in [0.25, 0.3) is 0 Å². The molecule has 0 aromatic carbocycles. The van der Waals surface area contributed by atoms with Gasteiger partial charge in [-0.3, -0.25) is 0 Å². The van der Waals surface area contributed by atoms with E-state index in [0.717, 1.165) is 12.2 Å². The van der Waals surface area contributed by atoms with Crippen LogP contribution < -0.4 is 0 Å². The van der Waals surface area contributed by atoms with Crippen molar-refractivity contribution < 1.29 is 4.74 Å². The molecule has 0 bridgehead atoms. The van der Waals surface area contributed by atoms with Crippen LogP contribution >= 0.6 is 0 Å². The van der Waals surface area contributed by atoms with E-state index in [4.69, 9.17) is 4.74 Å². The number of rotatable bonds is 2. The molecule has 0 aromatic heterocycles. The first-order valence-corrected chi connectivity index (χ1v) is 4.20. The van der Waals surface area contributed by atoms with Gasteiger partial charge in [-0.2, -0.15) is 0 Å². The quantitative estimate of drug-likeness (QED) is 0.591. The number of ether oxygens (including phenoxy) is 1. The molecule has 11 heavy (non-hydrogen) atoms. The average Bonchev–Trinajstić information content (AvgIpc) is 2.04. The van der Waals surface area contributed by atoms with Gasteiger partial charge in [-0.1, -0.05) is 19.9 Å². The Labute approximate surface area is 68.8 Å². The van der Waals surface area contributed by atoms with Crippen molar-refractivity contribution in [1.82, 2.24) is 0 Å². The van der Waals surface area contributed by atoms with Crippen LogP contribution in [-0.4, -0.2) is 7.11 Å². The van der Waals surface area contributed by atoms with Gasteiger partial charge in [0.25, 0.3) is 0 Å². The Balaban J connectivity index is 2.75. The monoisotopic (exact) mass is 152 g/mol. The summed E-state index contributed by atoms with van der Waals surface area (Å²) in [7, 11) is 1.74. The lowest BCUT2D eigenvalue weighted by atomic mass is 9.95. The minimum absolute atomic E-state index is 0.585. The lowest BCUT2D eigenvalue weighted by Gasteiger charge is -2.17. The molecule has 0 unspecified atom stereocenters. The summed E-state index contributed by atoms with van der Waals surface area (Å²) >= 11 is 0. The number of allylic oxidation sites excluding steroid dienone is 3. The molecule has 0 aromatic rings. The number of hydrogen-bond acceptors (Lipinski definition) is 1. The standard InChI is InChI=1S/C10H16O/c1-8(2)9-6-4-5-7-10(9)11-3/h6-8H,4-5H2,1-3H3. The summed E-state index contributed by atoms with van der Waals surface area (Å²) in [6.07, 6.45) is 6.75. The molecule has 0 saturated heterocycles. The second-order valence-corrected chi connectivity index (χ2v) is 3.16. The van der Waals surface area contributed by atoms with Crippen LogP contribution in [0.15, 0.2) is 23.5 Å². The normalized spacial score (nSPS) is 17.8. The molecule has 0 heterocycles. The summed E-state index contributed by atoms with van der Waals surface area (Å²) in [5.74, 6) is 1.66. The molecule has 0 atom stereocenters. The Kier molecular flexibility index (Phi) is 2.75. The molecule has 1 aliphatic rings. The van der Waals surface area contributed by atoms with Crippen LogP contribution in [0.4, 0.5) is 0 Å². The maximum Gasteiger partial charge on any atom is 0.118 e. The topological polar surface area (TPSA) is 9.23 Å². The molecule has 0 aliphatic heterocycles. The molecule has 0 amide bonds. The van der Waals surface area contributed by atoms with Gasteiger partial charge >= 0.3 is 0 Å². The average molecular weight is 152 g/mol. The summed E-state index contributed by atoms with van der Waals surface area (Å²) in [5.41, 5.74) is 1.36. The van der Waals surface area contributed by atoms with E-state index in [0.29, 0.717) is 5.92 Å². The van der Waals surface area contributed by atoms with E-state index in [1.54, 1.807) is 7.11 Å². The van der Waals surface area contributed by atoms with Gasteiger partial charge in [0.15, 0.2) is 0 Å². The van der Waals surface area contributed by atoms with Gasteiger partial charge < -0.3 is 4.74 Å². The highest BCUT2D eigenvalue weighted by Gasteiger charge is 2.11.